The molecule has 1 unspecified atom stereocenters. The molecule has 3 heterocycles. The molecule has 1 aromatic rings. The summed E-state index contributed by atoms with van der Waals surface area (Å²) in [6.45, 7) is 1.74. The van der Waals surface area contributed by atoms with E-state index in [1.165, 1.54) is 0 Å². The van der Waals surface area contributed by atoms with Gasteiger partial charge in [-0.1, -0.05) is 12.1 Å². The molecule has 7 nitrogen and oxygen atoms in total. The number of fused-ring (bicyclic) bond motifs is 1. The molecule has 3 saturated heterocycles. The molecule has 29 heavy (non-hydrogen) atoms. The summed E-state index contributed by atoms with van der Waals surface area (Å²) in [5.74, 6) is -0.0476. The van der Waals surface area contributed by atoms with Crippen molar-refractivity contribution < 1.29 is 19.5 Å². The van der Waals surface area contributed by atoms with E-state index in [4.69, 9.17) is 0 Å². The number of hydrogen-bond acceptors (Lipinski definition) is 4. The van der Waals surface area contributed by atoms with E-state index in [2.05, 4.69) is 5.32 Å². The van der Waals surface area contributed by atoms with Crippen LogP contribution in [0, 0.1) is 5.92 Å². The SMILES string of the molecule is O=C(NC[C@@H]1CC[C@@H]2CCCN2C1=O)C(Cc1ccc(O)cc1)N1CCCC1=O. The van der Waals surface area contributed by atoms with Crippen molar-refractivity contribution in [3.63, 3.8) is 0 Å². The lowest BCUT2D eigenvalue weighted by atomic mass is 9.92. The van der Waals surface area contributed by atoms with Gasteiger partial charge in [0.05, 0.1) is 5.92 Å². The minimum absolute atomic E-state index is 0.00224. The number of carbonyl (C=O) groups excluding carboxylic acids is 3. The first kappa shape index (κ1) is 19.7. The Morgan fingerprint density at radius 2 is 1.90 bits per heavy atom. The third-order valence-corrected chi connectivity index (χ3v) is 6.53. The van der Waals surface area contributed by atoms with Crippen LogP contribution in [0.4, 0.5) is 0 Å². The fourth-order valence-electron chi connectivity index (χ4n) is 4.91. The maximum absolute atomic E-state index is 13.0. The van der Waals surface area contributed by atoms with Crippen LogP contribution in [0.5, 0.6) is 5.75 Å². The second kappa shape index (κ2) is 8.43. The molecule has 4 rings (SSSR count). The van der Waals surface area contributed by atoms with E-state index in [9.17, 15) is 19.5 Å². The zero-order chi connectivity index (χ0) is 20.4. The van der Waals surface area contributed by atoms with Crippen molar-refractivity contribution in [2.45, 2.75) is 57.0 Å². The Morgan fingerprint density at radius 1 is 1.10 bits per heavy atom. The number of nitrogens with one attached hydrogen (secondary N) is 1. The number of likely N-dealkylation sites (tertiary alicyclic amines) is 1. The standard InChI is InChI=1S/C22H29N3O4/c26-18-9-5-15(6-10-18)13-19(25-12-2-4-20(25)27)21(28)23-14-16-7-8-17-3-1-11-24(17)22(16)29/h5-6,9-10,16-17,19,26H,1-4,7-8,11-14H2,(H,23,28)/t16-,17-,19?/m0/s1. The Morgan fingerprint density at radius 3 is 2.62 bits per heavy atom. The van der Waals surface area contributed by atoms with Crippen molar-refractivity contribution in [1.82, 2.24) is 15.1 Å². The van der Waals surface area contributed by atoms with Gasteiger partial charge in [-0.2, -0.15) is 0 Å². The smallest absolute Gasteiger partial charge is 0.243 e. The first-order valence-electron chi connectivity index (χ1n) is 10.7. The largest absolute Gasteiger partial charge is 0.508 e. The fourth-order valence-corrected chi connectivity index (χ4v) is 4.91. The van der Waals surface area contributed by atoms with Gasteiger partial charge in [0.25, 0.3) is 0 Å². The topological polar surface area (TPSA) is 89.9 Å². The van der Waals surface area contributed by atoms with Crippen molar-refractivity contribution in [1.29, 1.82) is 0 Å². The first-order valence-corrected chi connectivity index (χ1v) is 10.7. The van der Waals surface area contributed by atoms with Crippen molar-refractivity contribution in [3.05, 3.63) is 29.8 Å². The molecule has 3 fully saturated rings. The first-order chi connectivity index (χ1) is 14.0. The molecule has 156 valence electrons. The summed E-state index contributed by atoms with van der Waals surface area (Å²) in [4.78, 5) is 41.7. The van der Waals surface area contributed by atoms with Crippen LogP contribution in [0.15, 0.2) is 24.3 Å². The Hall–Kier alpha value is -2.57. The molecule has 2 N–H and O–H groups in total. The van der Waals surface area contributed by atoms with Crippen LogP contribution in [-0.4, -0.2) is 64.3 Å². The van der Waals surface area contributed by atoms with Gasteiger partial charge < -0.3 is 20.2 Å². The van der Waals surface area contributed by atoms with Gasteiger partial charge in [0.1, 0.15) is 11.8 Å². The van der Waals surface area contributed by atoms with E-state index in [0.717, 1.165) is 44.2 Å². The molecule has 0 aromatic heterocycles. The van der Waals surface area contributed by atoms with Crippen LogP contribution in [0.25, 0.3) is 0 Å². The predicted octanol–water partition coefficient (Wildman–Crippen LogP) is 1.44. The molecule has 0 aliphatic carbocycles. The normalized spacial score (nSPS) is 25.2. The van der Waals surface area contributed by atoms with Gasteiger partial charge in [-0.3, -0.25) is 14.4 Å². The van der Waals surface area contributed by atoms with Crippen LogP contribution in [0.1, 0.15) is 44.1 Å². The molecule has 3 amide bonds. The molecule has 7 heteroatoms. The molecule has 3 aliphatic rings. The minimum Gasteiger partial charge on any atom is -0.508 e. The van der Waals surface area contributed by atoms with Crippen molar-refractivity contribution in [2.75, 3.05) is 19.6 Å². The highest BCUT2D eigenvalue weighted by molar-refractivity contribution is 5.89. The molecule has 3 atom stereocenters. The highest BCUT2D eigenvalue weighted by Crippen LogP contribution is 2.30. The number of aromatic hydroxyl groups is 1. The average Bonchev–Trinajstić information content (AvgIpc) is 3.36. The van der Waals surface area contributed by atoms with Gasteiger partial charge in [-0.25, -0.2) is 0 Å². The number of phenols is 1. The van der Waals surface area contributed by atoms with E-state index in [1.54, 1.807) is 29.2 Å². The van der Waals surface area contributed by atoms with Gasteiger partial charge in [-0.05, 0) is 49.8 Å². The summed E-state index contributed by atoms with van der Waals surface area (Å²) in [5.41, 5.74) is 0.885. The summed E-state index contributed by atoms with van der Waals surface area (Å²) in [5, 5.41) is 12.5. The van der Waals surface area contributed by atoms with Crippen molar-refractivity contribution in [2.24, 2.45) is 5.92 Å². The van der Waals surface area contributed by atoms with Crippen molar-refractivity contribution >= 4 is 17.7 Å². The third-order valence-electron chi connectivity index (χ3n) is 6.53. The summed E-state index contributed by atoms with van der Waals surface area (Å²) in [7, 11) is 0. The molecular weight excluding hydrogens is 370 g/mol. The number of carbonyl (C=O) groups is 3. The summed E-state index contributed by atoms with van der Waals surface area (Å²) in [6.07, 6.45) is 5.61. The van der Waals surface area contributed by atoms with Crippen LogP contribution < -0.4 is 5.32 Å². The van der Waals surface area contributed by atoms with Crippen LogP contribution >= 0.6 is 0 Å². The number of rotatable bonds is 6. The lowest BCUT2D eigenvalue weighted by Crippen LogP contribution is -2.52. The van der Waals surface area contributed by atoms with Gasteiger partial charge in [0.2, 0.25) is 17.7 Å². The number of nitrogens with zero attached hydrogens (tertiary/aromatic N) is 2. The molecule has 0 radical (unpaired) electrons. The van der Waals surface area contributed by atoms with E-state index in [1.807, 2.05) is 4.90 Å². The Kier molecular flexibility index (Phi) is 5.74. The minimum atomic E-state index is -0.590. The van der Waals surface area contributed by atoms with Crippen LogP contribution in [0.2, 0.25) is 0 Å². The second-order valence-electron chi connectivity index (χ2n) is 8.42. The maximum Gasteiger partial charge on any atom is 0.243 e. The lowest BCUT2D eigenvalue weighted by molar-refractivity contribution is -0.141. The number of piperidine rings is 1. The van der Waals surface area contributed by atoms with E-state index >= 15 is 0 Å². The van der Waals surface area contributed by atoms with E-state index in [-0.39, 0.29) is 29.4 Å². The zero-order valence-electron chi connectivity index (χ0n) is 16.7. The number of amides is 3. The van der Waals surface area contributed by atoms with Crippen LogP contribution in [0.3, 0.4) is 0 Å². The molecule has 0 saturated carbocycles. The summed E-state index contributed by atoms with van der Waals surface area (Å²) < 4.78 is 0. The second-order valence-corrected chi connectivity index (χ2v) is 8.42. The lowest BCUT2D eigenvalue weighted by Gasteiger charge is -2.35. The highest BCUT2D eigenvalue weighted by atomic mass is 16.3. The van der Waals surface area contributed by atoms with E-state index in [0.29, 0.717) is 32.0 Å². The summed E-state index contributed by atoms with van der Waals surface area (Å²) in [6, 6.07) is 6.52. The van der Waals surface area contributed by atoms with Gasteiger partial charge in [-0.15, -0.1) is 0 Å². The fraction of sp³-hybridized carbons (Fsp3) is 0.591. The van der Waals surface area contributed by atoms with Gasteiger partial charge in [0, 0.05) is 38.5 Å². The Bertz CT molecular complexity index is 779. The highest BCUT2D eigenvalue weighted by Gasteiger charge is 2.39. The third kappa shape index (κ3) is 4.23. The number of benzene rings is 1. The molecule has 1 aromatic carbocycles. The maximum atomic E-state index is 13.0. The van der Waals surface area contributed by atoms with Crippen LogP contribution in [-0.2, 0) is 20.8 Å². The molecular formula is C22H29N3O4. The summed E-state index contributed by atoms with van der Waals surface area (Å²) >= 11 is 0. The monoisotopic (exact) mass is 399 g/mol. The van der Waals surface area contributed by atoms with Gasteiger partial charge >= 0.3 is 0 Å². The average molecular weight is 399 g/mol. The van der Waals surface area contributed by atoms with E-state index < -0.39 is 6.04 Å². The molecule has 3 aliphatic heterocycles. The molecule has 0 bridgehead atoms. The quantitative estimate of drug-likeness (QED) is 0.758. The molecule has 0 spiro atoms. The number of hydrogen-bond donors (Lipinski definition) is 2. The number of phenolic OH excluding ortho intramolecular Hbond substituents is 1. The zero-order valence-corrected chi connectivity index (χ0v) is 16.7. The van der Waals surface area contributed by atoms with Crippen molar-refractivity contribution in [3.8, 4) is 5.75 Å². The van der Waals surface area contributed by atoms with Gasteiger partial charge in [0.15, 0.2) is 0 Å². The Labute approximate surface area is 171 Å². The predicted molar refractivity (Wildman–Crippen MR) is 107 cm³/mol. The Balaban J connectivity index is 1.41.